The first-order chi connectivity index (χ1) is 13.9. The molecule has 7 heteroatoms. The van der Waals surface area contributed by atoms with Gasteiger partial charge in [-0.05, 0) is 38.0 Å². The number of aryl methyl sites for hydroxylation is 1. The van der Waals surface area contributed by atoms with Crippen molar-refractivity contribution in [2.75, 3.05) is 11.4 Å². The van der Waals surface area contributed by atoms with E-state index in [0.29, 0.717) is 34.8 Å². The van der Waals surface area contributed by atoms with Crippen molar-refractivity contribution in [3.63, 3.8) is 0 Å². The molecular weight excluding hydrogens is 373 g/mol. The summed E-state index contributed by atoms with van der Waals surface area (Å²) in [5, 5.41) is 9.91. The second kappa shape index (κ2) is 7.46. The quantitative estimate of drug-likeness (QED) is 0.672. The Kier molecular flexibility index (Phi) is 4.98. The number of hydrogen-bond donors (Lipinski definition) is 1. The van der Waals surface area contributed by atoms with Crippen LogP contribution in [0.4, 0.5) is 10.1 Å². The van der Waals surface area contributed by atoms with Gasteiger partial charge in [-0.15, -0.1) is 0 Å². The number of nitrogens with zero attached hydrogens (tertiary/aromatic N) is 3. The zero-order valence-electron chi connectivity index (χ0n) is 16.6. The Hall–Kier alpha value is -2.96. The van der Waals surface area contributed by atoms with Crippen LogP contribution in [0.5, 0.6) is 0 Å². The van der Waals surface area contributed by atoms with E-state index in [1.165, 1.54) is 29.3 Å². The van der Waals surface area contributed by atoms with Crippen molar-refractivity contribution in [1.82, 2.24) is 9.55 Å². The Balaban J connectivity index is 1.90. The smallest absolute Gasteiger partial charge is 0.341 e. The molecule has 1 aromatic carbocycles. The lowest BCUT2D eigenvalue weighted by atomic mass is 9.93. The van der Waals surface area contributed by atoms with Crippen LogP contribution in [0.3, 0.4) is 0 Å². The molecule has 0 saturated heterocycles. The van der Waals surface area contributed by atoms with E-state index in [2.05, 4.69) is 9.88 Å². The maximum Gasteiger partial charge on any atom is 0.341 e. The van der Waals surface area contributed by atoms with Crippen LogP contribution in [0.1, 0.15) is 49.4 Å². The molecule has 0 amide bonds. The first-order valence-corrected chi connectivity index (χ1v) is 10.0. The van der Waals surface area contributed by atoms with Crippen LogP contribution in [0.25, 0.3) is 21.9 Å². The Morgan fingerprint density at radius 1 is 1.28 bits per heavy atom. The molecule has 4 rings (SSSR count). The third-order valence-corrected chi connectivity index (χ3v) is 5.91. The molecule has 0 aliphatic heterocycles. The second-order valence-electron chi connectivity index (χ2n) is 7.72. The van der Waals surface area contributed by atoms with Crippen molar-refractivity contribution < 1.29 is 14.3 Å². The molecule has 3 aromatic rings. The van der Waals surface area contributed by atoms with Gasteiger partial charge in [-0.1, -0.05) is 19.3 Å². The number of carbonyl (C=O) groups is 1. The number of aromatic carboxylic acids is 1. The molecule has 0 radical (unpaired) electrons. The fourth-order valence-corrected chi connectivity index (χ4v) is 4.46. The predicted molar refractivity (Wildman–Crippen MR) is 111 cm³/mol. The maximum absolute atomic E-state index is 15.1. The van der Waals surface area contributed by atoms with E-state index in [4.69, 9.17) is 0 Å². The van der Waals surface area contributed by atoms with E-state index >= 15 is 4.39 Å². The van der Waals surface area contributed by atoms with Gasteiger partial charge in [0.2, 0.25) is 5.43 Å². The number of rotatable bonds is 4. The maximum atomic E-state index is 15.1. The third kappa shape index (κ3) is 3.34. The van der Waals surface area contributed by atoms with Gasteiger partial charge in [0.15, 0.2) is 0 Å². The molecule has 1 fully saturated rings. The molecule has 29 heavy (non-hydrogen) atoms. The summed E-state index contributed by atoms with van der Waals surface area (Å²) in [6.07, 6.45) is 6.94. The molecule has 1 aliphatic rings. The van der Waals surface area contributed by atoms with Crippen LogP contribution >= 0.6 is 0 Å². The molecular formula is C22H24FN3O3. The largest absolute Gasteiger partial charge is 0.477 e. The van der Waals surface area contributed by atoms with Gasteiger partial charge in [-0.3, -0.25) is 4.79 Å². The van der Waals surface area contributed by atoms with Crippen LogP contribution in [0.15, 0.2) is 29.2 Å². The number of hydrogen-bond acceptors (Lipinski definition) is 4. The molecule has 0 atom stereocenters. The Morgan fingerprint density at radius 3 is 2.66 bits per heavy atom. The van der Waals surface area contributed by atoms with Crippen molar-refractivity contribution in [3.05, 3.63) is 46.0 Å². The van der Waals surface area contributed by atoms with Gasteiger partial charge >= 0.3 is 5.97 Å². The number of benzene rings is 1. The summed E-state index contributed by atoms with van der Waals surface area (Å²) in [4.78, 5) is 30.6. The average Bonchev–Trinajstić information content (AvgIpc) is 2.71. The van der Waals surface area contributed by atoms with Gasteiger partial charge in [-0.2, -0.15) is 0 Å². The van der Waals surface area contributed by atoms with Gasteiger partial charge in [0.25, 0.3) is 0 Å². The number of carboxylic acid groups (broad SMARTS) is 1. The van der Waals surface area contributed by atoms with Crippen LogP contribution in [-0.2, 0) is 7.05 Å². The van der Waals surface area contributed by atoms with E-state index in [0.717, 1.165) is 25.7 Å². The molecule has 0 bridgehead atoms. The summed E-state index contributed by atoms with van der Waals surface area (Å²) in [7, 11) is 1.65. The minimum Gasteiger partial charge on any atom is -0.477 e. The van der Waals surface area contributed by atoms with Crippen LogP contribution in [0, 0.1) is 5.82 Å². The summed E-state index contributed by atoms with van der Waals surface area (Å²) in [6, 6.07) is 5.01. The van der Waals surface area contributed by atoms with Crippen molar-refractivity contribution in [2.45, 2.75) is 45.1 Å². The zero-order chi connectivity index (χ0) is 20.7. The zero-order valence-corrected chi connectivity index (χ0v) is 16.6. The monoisotopic (exact) mass is 397 g/mol. The fourth-order valence-electron chi connectivity index (χ4n) is 4.46. The fraction of sp³-hybridized carbons (Fsp3) is 0.409. The number of pyridine rings is 2. The number of halogens is 1. The number of fused-ring (bicyclic) bond motifs is 2. The highest BCUT2D eigenvalue weighted by molar-refractivity contribution is 5.96. The SMILES string of the molecule is CCN(c1cc2nc3c(cc2cc1F)c(=O)c(C(=O)O)cn3C)C1CCCCC1. The average molecular weight is 397 g/mol. The highest BCUT2D eigenvalue weighted by Gasteiger charge is 2.23. The van der Waals surface area contributed by atoms with E-state index < -0.39 is 11.4 Å². The van der Waals surface area contributed by atoms with E-state index in [-0.39, 0.29) is 16.8 Å². The van der Waals surface area contributed by atoms with Crippen LogP contribution in [-0.4, -0.2) is 33.2 Å². The molecule has 0 spiro atoms. The van der Waals surface area contributed by atoms with Crippen molar-refractivity contribution in [1.29, 1.82) is 0 Å². The normalized spacial score (nSPS) is 15.1. The lowest BCUT2D eigenvalue weighted by Gasteiger charge is -2.35. The molecule has 2 aromatic heterocycles. The molecule has 1 N–H and O–H groups in total. The first kappa shape index (κ1) is 19.4. The van der Waals surface area contributed by atoms with E-state index in [1.54, 1.807) is 13.1 Å². The van der Waals surface area contributed by atoms with Crippen molar-refractivity contribution in [2.24, 2.45) is 7.05 Å². The second-order valence-corrected chi connectivity index (χ2v) is 7.72. The molecule has 2 heterocycles. The van der Waals surface area contributed by atoms with Crippen LogP contribution in [0.2, 0.25) is 0 Å². The van der Waals surface area contributed by atoms with Gasteiger partial charge in [0, 0.05) is 31.2 Å². The standard InChI is InChI=1S/C22H24FN3O3/c1-3-26(14-7-5-4-6-8-14)19-11-18-13(10-17(19)23)9-15-20(27)16(22(28)29)12-25(2)21(15)24-18/h9-12,14H,3-8H2,1-2H3,(H,28,29). The molecule has 6 nitrogen and oxygen atoms in total. The van der Waals surface area contributed by atoms with Gasteiger partial charge in [0.1, 0.15) is 17.0 Å². The lowest BCUT2D eigenvalue weighted by molar-refractivity contribution is 0.0695. The lowest BCUT2D eigenvalue weighted by Crippen LogP contribution is -2.37. The summed E-state index contributed by atoms with van der Waals surface area (Å²) < 4.78 is 16.6. The molecule has 1 aliphatic carbocycles. The molecule has 1 saturated carbocycles. The number of carboxylic acids is 1. The highest BCUT2D eigenvalue weighted by atomic mass is 19.1. The number of anilines is 1. The Bertz CT molecular complexity index is 1170. The van der Waals surface area contributed by atoms with Gasteiger partial charge in [0.05, 0.1) is 16.6 Å². The molecule has 152 valence electrons. The predicted octanol–water partition coefficient (Wildman–Crippen LogP) is 4.08. The van der Waals surface area contributed by atoms with E-state index in [9.17, 15) is 14.7 Å². The molecule has 0 unspecified atom stereocenters. The summed E-state index contributed by atoms with van der Waals surface area (Å²) in [6.45, 7) is 2.74. The summed E-state index contributed by atoms with van der Waals surface area (Å²) in [5.41, 5.74) is 0.562. The summed E-state index contributed by atoms with van der Waals surface area (Å²) >= 11 is 0. The van der Waals surface area contributed by atoms with Crippen molar-refractivity contribution >= 4 is 33.6 Å². The minimum absolute atomic E-state index is 0.173. The first-order valence-electron chi connectivity index (χ1n) is 10.0. The third-order valence-electron chi connectivity index (χ3n) is 5.91. The highest BCUT2D eigenvalue weighted by Crippen LogP contribution is 2.32. The van der Waals surface area contributed by atoms with Gasteiger partial charge < -0.3 is 14.6 Å². The Morgan fingerprint density at radius 2 is 2.00 bits per heavy atom. The minimum atomic E-state index is -1.29. The summed E-state index contributed by atoms with van der Waals surface area (Å²) in [5.74, 6) is -1.64. The topological polar surface area (TPSA) is 75.4 Å². The number of aromatic nitrogens is 2. The van der Waals surface area contributed by atoms with Crippen LogP contribution < -0.4 is 10.3 Å². The Labute approximate surface area is 167 Å². The van der Waals surface area contributed by atoms with E-state index in [1.807, 2.05) is 6.92 Å². The van der Waals surface area contributed by atoms with Crippen molar-refractivity contribution in [3.8, 4) is 0 Å². The van der Waals surface area contributed by atoms with Gasteiger partial charge in [-0.25, -0.2) is 14.2 Å².